The van der Waals surface area contributed by atoms with Crippen LogP contribution in [0.3, 0.4) is 0 Å². The molecule has 0 radical (unpaired) electrons. The molecule has 2 heteroatoms. The van der Waals surface area contributed by atoms with Gasteiger partial charge in [0.1, 0.15) is 0 Å². The highest BCUT2D eigenvalue weighted by atomic mass is 32.2. The van der Waals surface area contributed by atoms with E-state index in [-0.39, 0.29) is 0 Å². The first kappa shape index (κ1) is 14.0. The minimum absolute atomic E-state index is 0.838. The van der Waals surface area contributed by atoms with Crippen molar-refractivity contribution >= 4 is 17.4 Å². The Morgan fingerprint density at radius 2 is 1.53 bits per heavy atom. The summed E-state index contributed by atoms with van der Waals surface area (Å²) in [4.78, 5) is 1.28. The number of hydrogen-bond donors (Lipinski definition) is 1. The molecule has 0 heterocycles. The Kier molecular flexibility index (Phi) is 4.20. The second-order valence-corrected chi connectivity index (χ2v) is 6.21. The summed E-state index contributed by atoms with van der Waals surface area (Å²) in [6.07, 6.45) is 0. The van der Waals surface area contributed by atoms with Gasteiger partial charge in [-0.1, -0.05) is 23.8 Å². The normalized spacial score (nSPS) is 10.7. The van der Waals surface area contributed by atoms with Gasteiger partial charge in [0.05, 0.1) is 0 Å². The standard InChI is InChI=1S/C17H21NS/c1-11-7-13(3)16(14(4)8-11)10-19-17-9-15(18)6-5-12(17)2/h5-9H,10,18H2,1-4H3. The first-order chi connectivity index (χ1) is 8.97. The summed E-state index contributed by atoms with van der Waals surface area (Å²) in [6.45, 7) is 8.68. The molecular formula is C17H21NS. The third-order valence-corrected chi connectivity index (χ3v) is 4.61. The average molecular weight is 271 g/mol. The van der Waals surface area contributed by atoms with E-state index in [2.05, 4.69) is 52.0 Å². The molecule has 19 heavy (non-hydrogen) atoms. The Hall–Kier alpha value is -1.41. The quantitative estimate of drug-likeness (QED) is 0.641. The highest BCUT2D eigenvalue weighted by Crippen LogP contribution is 2.30. The average Bonchev–Trinajstić information content (AvgIpc) is 2.32. The Morgan fingerprint density at radius 3 is 2.16 bits per heavy atom. The summed E-state index contributed by atoms with van der Waals surface area (Å²) in [5.41, 5.74) is 13.5. The van der Waals surface area contributed by atoms with Crippen molar-refractivity contribution in [1.29, 1.82) is 0 Å². The van der Waals surface area contributed by atoms with Crippen LogP contribution in [0.15, 0.2) is 35.2 Å². The summed E-state index contributed by atoms with van der Waals surface area (Å²) >= 11 is 1.87. The van der Waals surface area contributed by atoms with Crippen LogP contribution in [0.5, 0.6) is 0 Å². The number of nitrogen functional groups attached to an aromatic ring is 1. The molecule has 0 aromatic heterocycles. The van der Waals surface area contributed by atoms with E-state index in [9.17, 15) is 0 Å². The Balaban J connectivity index is 2.21. The highest BCUT2D eigenvalue weighted by molar-refractivity contribution is 7.98. The van der Waals surface area contributed by atoms with Gasteiger partial charge in [-0.25, -0.2) is 0 Å². The molecular weight excluding hydrogens is 250 g/mol. The van der Waals surface area contributed by atoms with Crippen LogP contribution in [0.2, 0.25) is 0 Å². The van der Waals surface area contributed by atoms with E-state index in [1.165, 1.54) is 32.7 Å². The molecule has 0 aliphatic heterocycles. The van der Waals surface area contributed by atoms with Crippen LogP contribution in [-0.2, 0) is 5.75 Å². The maximum absolute atomic E-state index is 5.86. The van der Waals surface area contributed by atoms with E-state index in [0.29, 0.717) is 0 Å². The SMILES string of the molecule is Cc1cc(C)c(CSc2cc(N)ccc2C)c(C)c1. The van der Waals surface area contributed by atoms with E-state index >= 15 is 0 Å². The molecule has 0 saturated heterocycles. The van der Waals surface area contributed by atoms with Crippen molar-refractivity contribution in [2.45, 2.75) is 38.3 Å². The molecule has 1 nitrogen and oxygen atoms in total. The fraction of sp³-hybridized carbons (Fsp3) is 0.294. The van der Waals surface area contributed by atoms with Gasteiger partial charge in [-0.2, -0.15) is 0 Å². The Morgan fingerprint density at radius 1 is 0.895 bits per heavy atom. The van der Waals surface area contributed by atoms with Gasteiger partial charge in [-0.05, 0) is 62.1 Å². The van der Waals surface area contributed by atoms with Crippen molar-refractivity contribution in [3.63, 3.8) is 0 Å². The van der Waals surface area contributed by atoms with E-state index in [1.54, 1.807) is 0 Å². The molecule has 0 unspecified atom stereocenters. The third kappa shape index (κ3) is 3.32. The fourth-order valence-electron chi connectivity index (χ4n) is 2.36. The fourth-order valence-corrected chi connectivity index (χ4v) is 3.63. The summed E-state index contributed by atoms with van der Waals surface area (Å²) < 4.78 is 0. The van der Waals surface area contributed by atoms with Crippen molar-refractivity contribution in [2.24, 2.45) is 0 Å². The van der Waals surface area contributed by atoms with Gasteiger partial charge in [0.15, 0.2) is 0 Å². The largest absolute Gasteiger partial charge is 0.399 e. The summed E-state index contributed by atoms with van der Waals surface area (Å²) in [6, 6.07) is 10.6. The predicted molar refractivity (Wildman–Crippen MR) is 85.8 cm³/mol. The smallest absolute Gasteiger partial charge is 0.0325 e. The maximum atomic E-state index is 5.86. The number of hydrogen-bond acceptors (Lipinski definition) is 2. The second-order valence-electron chi connectivity index (χ2n) is 5.19. The van der Waals surface area contributed by atoms with E-state index < -0.39 is 0 Å². The molecule has 2 aromatic rings. The number of anilines is 1. The molecule has 0 fully saturated rings. The van der Waals surface area contributed by atoms with E-state index in [0.717, 1.165) is 11.4 Å². The second kappa shape index (κ2) is 5.70. The Labute approximate surface area is 120 Å². The molecule has 0 atom stereocenters. The van der Waals surface area contributed by atoms with Crippen molar-refractivity contribution < 1.29 is 0 Å². The molecule has 0 aliphatic rings. The van der Waals surface area contributed by atoms with Crippen LogP contribution >= 0.6 is 11.8 Å². The molecule has 0 saturated carbocycles. The van der Waals surface area contributed by atoms with Gasteiger partial charge in [0.25, 0.3) is 0 Å². The van der Waals surface area contributed by atoms with Crippen molar-refractivity contribution in [2.75, 3.05) is 5.73 Å². The van der Waals surface area contributed by atoms with Crippen LogP contribution in [-0.4, -0.2) is 0 Å². The number of thioether (sulfide) groups is 1. The first-order valence-corrected chi connectivity index (χ1v) is 7.51. The monoisotopic (exact) mass is 271 g/mol. The number of nitrogens with two attached hydrogens (primary N) is 1. The van der Waals surface area contributed by atoms with Crippen LogP contribution in [0.1, 0.15) is 27.8 Å². The molecule has 2 N–H and O–H groups in total. The zero-order chi connectivity index (χ0) is 14.0. The van der Waals surface area contributed by atoms with Crippen LogP contribution in [0, 0.1) is 27.7 Å². The highest BCUT2D eigenvalue weighted by Gasteiger charge is 2.06. The van der Waals surface area contributed by atoms with Gasteiger partial charge < -0.3 is 5.73 Å². The molecule has 0 aliphatic carbocycles. The third-order valence-electron chi connectivity index (χ3n) is 3.42. The lowest BCUT2D eigenvalue weighted by molar-refractivity contribution is 1.20. The van der Waals surface area contributed by atoms with Crippen LogP contribution in [0.25, 0.3) is 0 Å². The summed E-state index contributed by atoms with van der Waals surface area (Å²) in [7, 11) is 0. The first-order valence-electron chi connectivity index (χ1n) is 6.53. The van der Waals surface area contributed by atoms with Crippen LogP contribution < -0.4 is 5.73 Å². The van der Waals surface area contributed by atoms with Gasteiger partial charge in [0, 0.05) is 16.3 Å². The topological polar surface area (TPSA) is 26.0 Å². The molecule has 2 aromatic carbocycles. The molecule has 0 spiro atoms. The molecule has 100 valence electrons. The minimum atomic E-state index is 0.838. The lowest BCUT2D eigenvalue weighted by atomic mass is 10.0. The van der Waals surface area contributed by atoms with Gasteiger partial charge in [-0.15, -0.1) is 11.8 Å². The molecule has 0 amide bonds. The maximum Gasteiger partial charge on any atom is 0.0325 e. The van der Waals surface area contributed by atoms with Crippen molar-refractivity contribution in [3.8, 4) is 0 Å². The van der Waals surface area contributed by atoms with Gasteiger partial charge in [0.2, 0.25) is 0 Å². The zero-order valence-electron chi connectivity index (χ0n) is 12.1. The van der Waals surface area contributed by atoms with Gasteiger partial charge >= 0.3 is 0 Å². The van der Waals surface area contributed by atoms with E-state index in [1.807, 2.05) is 17.8 Å². The van der Waals surface area contributed by atoms with Crippen molar-refractivity contribution in [3.05, 3.63) is 58.1 Å². The lowest BCUT2D eigenvalue weighted by Crippen LogP contribution is -1.94. The molecule has 0 bridgehead atoms. The summed E-state index contributed by atoms with van der Waals surface area (Å²) in [5, 5.41) is 0. The van der Waals surface area contributed by atoms with Gasteiger partial charge in [-0.3, -0.25) is 0 Å². The van der Waals surface area contributed by atoms with Crippen molar-refractivity contribution in [1.82, 2.24) is 0 Å². The minimum Gasteiger partial charge on any atom is -0.399 e. The number of benzene rings is 2. The summed E-state index contributed by atoms with van der Waals surface area (Å²) in [5.74, 6) is 1.00. The Bertz CT molecular complexity index is 579. The number of aryl methyl sites for hydroxylation is 4. The van der Waals surface area contributed by atoms with E-state index in [4.69, 9.17) is 5.73 Å². The number of rotatable bonds is 3. The lowest BCUT2D eigenvalue weighted by Gasteiger charge is -2.12. The zero-order valence-corrected chi connectivity index (χ0v) is 12.9. The molecule has 2 rings (SSSR count). The predicted octanol–water partition coefficient (Wildman–Crippen LogP) is 4.79. The van der Waals surface area contributed by atoms with Crippen LogP contribution in [0.4, 0.5) is 5.69 Å².